The smallest absolute Gasteiger partial charge is 0.254 e. The highest BCUT2D eigenvalue weighted by molar-refractivity contribution is 6.35. The number of rotatable bonds is 4. The molecule has 0 saturated carbocycles. The first-order valence-corrected chi connectivity index (χ1v) is 9.91. The van der Waals surface area contributed by atoms with Crippen molar-refractivity contribution in [1.29, 1.82) is 0 Å². The summed E-state index contributed by atoms with van der Waals surface area (Å²) in [6.45, 7) is 5.27. The summed E-state index contributed by atoms with van der Waals surface area (Å²) in [4.78, 5) is 18.0. The number of nitrogens with zero attached hydrogens (tertiary/aromatic N) is 1. The lowest BCUT2D eigenvalue weighted by atomic mass is 9.98. The number of aromatic amines is 1. The molecule has 1 aromatic heterocycles. The zero-order chi connectivity index (χ0) is 19.7. The van der Waals surface area contributed by atoms with Crippen LogP contribution in [0, 0.1) is 0 Å². The molecule has 0 saturated heterocycles. The number of halogens is 1. The molecule has 0 fully saturated rings. The second kappa shape index (κ2) is 7.72. The van der Waals surface area contributed by atoms with Crippen LogP contribution in [0.15, 0.2) is 54.7 Å². The lowest BCUT2D eigenvalue weighted by Gasteiger charge is -2.26. The molecule has 1 N–H and O–H groups in total. The van der Waals surface area contributed by atoms with Gasteiger partial charge in [-0.3, -0.25) is 4.79 Å². The predicted molar refractivity (Wildman–Crippen MR) is 114 cm³/mol. The minimum Gasteiger partial charge on any atom is -0.491 e. The largest absolute Gasteiger partial charge is 0.491 e. The van der Waals surface area contributed by atoms with Gasteiger partial charge in [0.25, 0.3) is 5.91 Å². The van der Waals surface area contributed by atoms with Gasteiger partial charge in [0.2, 0.25) is 0 Å². The zero-order valence-electron chi connectivity index (χ0n) is 16.0. The monoisotopic (exact) mass is 394 g/mol. The molecule has 3 aromatic rings. The lowest BCUT2D eigenvalue weighted by Crippen LogP contribution is -2.34. The van der Waals surface area contributed by atoms with Crippen molar-refractivity contribution in [3.05, 3.63) is 70.9 Å². The van der Waals surface area contributed by atoms with E-state index in [0.717, 1.165) is 28.1 Å². The van der Waals surface area contributed by atoms with Crippen molar-refractivity contribution in [3.8, 4) is 5.75 Å². The highest BCUT2D eigenvalue weighted by atomic mass is 35.5. The molecular weight excluding hydrogens is 372 g/mol. The zero-order valence-corrected chi connectivity index (χ0v) is 16.8. The molecule has 0 atom stereocenters. The van der Waals surface area contributed by atoms with Crippen LogP contribution in [0.25, 0.3) is 16.5 Å². The Morgan fingerprint density at radius 2 is 1.96 bits per heavy atom. The van der Waals surface area contributed by atoms with Gasteiger partial charge in [0.05, 0.1) is 16.6 Å². The van der Waals surface area contributed by atoms with Crippen LogP contribution in [-0.4, -0.2) is 35.0 Å². The molecular formula is C23H23ClN2O2. The predicted octanol–water partition coefficient (Wildman–Crippen LogP) is 5.54. The van der Waals surface area contributed by atoms with E-state index >= 15 is 0 Å². The van der Waals surface area contributed by atoms with Gasteiger partial charge in [0.1, 0.15) is 5.75 Å². The standard InChI is InChI=1S/C23H23ClN2O2/c1-15(2)28-18-8-6-17(7-9-18)23(27)26-12-10-16(11-13-26)20-14-25-22-19(20)4-3-5-21(22)24/h3-10,14-15,25H,11-13H2,1-2H3. The maximum atomic E-state index is 12.8. The Morgan fingerprint density at radius 3 is 2.64 bits per heavy atom. The summed E-state index contributed by atoms with van der Waals surface area (Å²) >= 11 is 6.27. The number of nitrogens with one attached hydrogen (secondary N) is 1. The summed E-state index contributed by atoms with van der Waals surface area (Å²) in [5, 5.41) is 1.85. The van der Waals surface area contributed by atoms with Gasteiger partial charge in [0.15, 0.2) is 0 Å². The fraction of sp³-hybridized carbons (Fsp3) is 0.261. The van der Waals surface area contributed by atoms with Crippen LogP contribution < -0.4 is 4.74 Å². The molecule has 144 valence electrons. The minimum absolute atomic E-state index is 0.0494. The maximum absolute atomic E-state index is 12.8. The van der Waals surface area contributed by atoms with Gasteiger partial charge in [-0.05, 0) is 56.2 Å². The molecule has 0 unspecified atom stereocenters. The Morgan fingerprint density at radius 1 is 1.18 bits per heavy atom. The first-order valence-electron chi connectivity index (χ1n) is 9.54. The van der Waals surface area contributed by atoms with Crippen molar-refractivity contribution in [1.82, 2.24) is 9.88 Å². The molecule has 0 bridgehead atoms. The Hall–Kier alpha value is -2.72. The number of amides is 1. The summed E-state index contributed by atoms with van der Waals surface area (Å²) in [5.41, 5.74) is 4.06. The number of H-pyrrole nitrogens is 1. The van der Waals surface area contributed by atoms with Crippen molar-refractivity contribution >= 4 is 34.0 Å². The molecule has 28 heavy (non-hydrogen) atoms. The van der Waals surface area contributed by atoms with Crippen LogP contribution in [-0.2, 0) is 0 Å². The van der Waals surface area contributed by atoms with Crippen LogP contribution in [0.4, 0.5) is 0 Å². The van der Waals surface area contributed by atoms with E-state index in [1.807, 2.05) is 61.3 Å². The first-order chi connectivity index (χ1) is 13.5. The van der Waals surface area contributed by atoms with Crippen LogP contribution in [0.3, 0.4) is 0 Å². The molecule has 5 heteroatoms. The highest BCUT2D eigenvalue weighted by Crippen LogP contribution is 2.32. The maximum Gasteiger partial charge on any atom is 0.254 e. The van der Waals surface area contributed by atoms with Crippen LogP contribution in [0.5, 0.6) is 5.75 Å². The van der Waals surface area contributed by atoms with Gasteiger partial charge in [0, 0.05) is 35.8 Å². The van der Waals surface area contributed by atoms with E-state index in [4.69, 9.17) is 16.3 Å². The topological polar surface area (TPSA) is 45.3 Å². The van der Waals surface area contributed by atoms with Crippen LogP contribution in [0.2, 0.25) is 5.02 Å². The van der Waals surface area contributed by atoms with Gasteiger partial charge in [-0.25, -0.2) is 0 Å². The van der Waals surface area contributed by atoms with Gasteiger partial charge in [-0.1, -0.05) is 29.8 Å². The fourth-order valence-corrected chi connectivity index (χ4v) is 3.84. The van der Waals surface area contributed by atoms with E-state index < -0.39 is 0 Å². The molecule has 1 amide bonds. The molecule has 1 aliphatic rings. The van der Waals surface area contributed by atoms with E-state index in [1.54, 1.807) is 0 Å². The van der Waals surface area contributed by atoms with Crippen molar-refractivity contribution in [2.45, 2.75) is 26.4 Å². The van der Waals surface area contributed by atoms with Crippen molar-refractivity contribution in [2.75, 3.05) is 13.1 Å². The molecule has 1 aliphatic heterocycles. The second-order valence-corrected chi connectivity index (χ2v) is 7.69. The van der Waals surface area contributed by atoms with E-state index in [-0.39, 0.29) is 12.0 Å². The van der Waals surface area contributed by atoms with Gasteiger partial charge >= 0.3 is 0 Å². The summed E-state index contributed by atoms with van der Waals surface area (Å²) in [7, 11) is 0. The summed E-state index contributed by atoms with van der Waals surface area (Å²) in [6.07, 6.45) is 5.08. The summed E-state index contributed by atoms with van der Waals surface area (Å²) in [5.74, 6) is 0.832. The number of carbonyl (C=O) groups is 1. The molecule has 4 nitrogen and oxygen atoms in total. The van der Waals surface area contributed by atoms with Crippen molar-refractivity contribution in [2.24, 2.45) is 0 Å². The Kier molecular flexibility index (Phi) is 5.14. The average molecular weight is 395 g/mol. The number of aromatic nitrogens is 1. The number of hydrogen-bond donors (Lipinski definition) is 1. The normalized spacial score (nSPS) is 14.4. The number of hydrogen-bond acceptors (Lipinski definition) is 2. The molecule has 0 spiro atoms. The third-order valence-electron chi connectivity index (χ3n) is 4.98. The van der Waals surface area contributed by atoms with E-state index in [2.05, 4.69) is 17.1 Å². The average Bonchev–Trinajstić information content (AvgIpc) is 3.13. The lowest BCUT2D eigenvalue weighted by molar-refractivity contribution is 0.0773. The third-order valence-corrected chi connectivity index (χ3v) is 5.29. The Balaban J connectivity index is 1.48. The van der Waals surface area contributed by atoms with E-state index in [1.165, 1.54) is 11.1 Å². The Bertz CT molecular complexity index is 1030. The molecule has 0 aliphatic carbocycles. The van der Waals surface area contributed by atoms with Crippen molar-refractivity contribution < 1.29 is 9.53 Å². The van der Waals surface area contributed by atoms with Crippen LogP contribution in [0.1, 0.15) is 36.2 Å². The number of ether oxygens (including phenoxy) is 1. The SMILES string of the molecule is CC(C)Oc1ccc(C(=O)N2CC=C(c3c[nH]c4c(Cl)cccc34)CC2)cc1. The minimum atomic E-state index is 0.0494. The quantitative estimate of drug-likeness (QED) is 0.631. The van der Waals surface area contributed by atoms with Crippen molar-refractivity contribution in [3.63, 3.8) is 0 Å². The molecule has 4 rings (SSSR count). The van der Waals surface area contributed by atoms with Gasteiger partial charge < -0.3 is 14.6 Å². The number of carbonyl (C=O) groups excluding carboxylic acids is 1. The fourth-order valence-electron chi connectivity index (χ4n) is 3.61. The number of benzene rings is 2. The summed E-state index contributed by atoms with van der Waals surface area (Å²) < 4.78 is 5.65. The first kappa shape index (κ1) is 18.6. The third kappa shape index (κ3) is 3.65. The van der Waals surface area contributed by atoms with Gasteiger partial charge in [-0.15, -0.1) is 0 Å². The highest BCUT2D eigenvalue weighted by Gasteiger charge is 2.21. The molecule has 2 heterocycles. The summed E-state index contributed by atoms with van der Waals surface area (Å²) in [6, 6.07) is 13.3. The number of fused-ring (bicyclic) bond motifs is 1. The Labute approximate surface area is 169 Å². The number of para-hydroxylation sites is 1. The molecule has 0 radical (unpaired) electrons. The van der Waals surface area contributed by atoms with E-state index in [9.17, 15) is 4.79 Å². The van der Waals surface area contributed by atoms with Crippen LogP contribution >= 0.6 is 11.6 Å². The second-order valence-electron chi connectivity index (χ2n) is 7.29. The molecule has 2 aromatic carbocycles. The van der Waals surface area contributed by atoms with E-state index in [0.29, 0.717) is 18.7 Å². The van der Waals surface area contributed by atoms with Gasteiger partial charge in [-0.2, -0.15) is 0 Å².